The van der Waals surface area contributed by atoms with Crippen molar-refractivity contribution in [3.8, 4) is 0 Å². The lowest BCUT2D eigenvalue weighted by Crippen LogP contribution is -2.60. The molecule has 4 aromatic rings. The Morgan fingerprint density at radius 2 is 0.824 bits per heavy atom. The predicted molar refractivity (Wildman–Crippen MR) is 192 cm³/mol. The van der Waals surface area contributed by atoms with Gasteiger partial charge in [0.05, 0.1) is 0 Å². The van der Waals surface area contributed by atoms with Crippen LogP contribution >= 0.6 is 0 Å². The Labute approximate surface area is 298 Å². The molecule has 10 heteroatoms. The summed E-state index contributed by atoms with van der Waals surface area (Å²) in [5.74, 6) is -0.241. The van der Waals surface area contributed by atoms with Crippen molar-refractivity contribution in [2.45, 2.75) is 44.6 Å². The van der Waals surface area contributed by atoms with Crippen molar-refractivity contribution in [2.24, 2.45) is 11.8 Å². The predicted octanol–water partition coefficient (Wildman–Crippen LogP) is 5.37. The molecule has 0 saturated carbocycles. The zero-order valence-corrected chi connectivity index (χ0v) is 28.6. The van der Waals surface area contributed by atoms with Crippen LogP contribution in [0.15, 0.2) is 121 Å². The largest absolute Gasteiger partial charge is 0.445 e. The minimum absolute atomic E-state index is 0.0511. The second-order valence-electron chi connectivity index (χ2n) is 13.4. The molecule has 4 amide bonds. The van der Waals surface area contributed by atoms with Crippen molar-refractivity contribution in [3.05, 3.63) is 144 Å². The molecular weight excluding hydrogens is 644 g/mol. The van der Waals surface area contributed by atoms with Crippen molar-refractivity contribution in [1.29, 1.82) is 0 Å². The SMILES string of the molecule is O=C(N[C@@H](Cc1ccccc1)C(=O)N1CC2CC(C1)CN(C(=O)[C@H](Cc1ccccc1)NC(=O)OCc1ccccc1)C2)OCc1ccccc1. The molecule has 0 radical (unpaired) electrons. The third kappa shape index (κ3) is 10.2. The lowest BCUT2D eigenvalue weighted by atomic mass is 9.83. The van der Waals surface area contributed by atoms with E-state index in [1.165, 1.54) is 0 Å². The van der Waals surface area contributed by atoms with E-state index in [9.17, 15) is 19.2 Å². The van der Waals surface area contributed by atoms with E-state index in [2.05, 4.69) is 10.6 Å². The molecule has 2 fully saturated rings. The van der Waals surface area contributed by atoms with Gasteiger partial charge >= 0.3 is 12.2 Å². The van der Waals surface area contributed by atoms with Crippen LogP contribution in [0, 0.1) is 11.8 Å². The minimum atomic E-state index is -0.811. The Morgan fingerprint density at radius 3 is 1.16 bits per heavy atom. The average molecular weight is 689 g/mol. The highest BCUT2D eigenvalue weighted by Gasteiger charge is 2.41. The second kappa shape index (κ2) is 17.3. The maximum Gasteiger partial charge on any atom is 0.408 e. The molecule has 0 aromatic heterocycles. The molecule has 0 aliphatic carbocycles. The van der Waals surface area contributed by atoms with Crippen LogP contribution in [0.2, 0.25) is 0 Å². The first-order chi connectivity index (χ1) is 24.9. The van der Waals surface area contributed by atoms with Crippen LogP contribution in [0.3, 0.4) is 0 Å². The lowest BCUT2D eigenvalue weighted by molar-refractivity contribution is -0.143. The van der Waals surface area contributed by atoms with Gasteiger partial charge in [-0.3, -0.25) is 9.59 Å². The van der Waals surface area contributed by atoms with Gasteiger partial charge in [-0.25, -0.2) is 9.59 Å². The van der Waals surface area contributed by atoms with Crippen LogP contribution in [0.25, 0.3) is 0 Å². The molecule has 2 aliphatic rings. The number of carbonyl (C=O) groups is 4. The minimum Gasteiger partial charge on any atom is -0.445 e. The summed E-state index contributed by atoms with van der Waals surface area (Å²) >= 11 is 0. The van der Waals surface area contributed by atoms with E-state index in [1.54, 1.807) is 0 Å². The summed E-state index contributed by atoms with van der Waals surface area (Å²) in [4.78, 5) is 57.6. The fraction of sp³-hybridized carbons (Fsp3) is 0.317. The number of hydrogen-bond acceptors (Lipinski definition) is 6. The molecule has 2 heterocycles. The first-order valence-corrected chi connectivity index (χ1v) is 17.5. The third-order valence-corrected chi connectivity index (χ3v) is 9.38. The van der Waals surface area contributed by atoms with Crippen molar-refractivity contribution in [1.82, 2.24) is 20.4 Å². The summed E-state index contributed by atoms with van der Waals surface area (Å²) in [7, 11) is 0. The number of benzene rings is 4. The van der Waals surface area contributed by atoms with E-state index in [0.29, 0.717) is 39.0 Å². The quantitative estimate of drug-likeness (QED) is 0.207. The van der Waals surface area contributed by atoms with Crippen molar-refractivity contribution < 1.29 is 28.7 Å². The van der Waals surface area contributed by atoms with Gasteiger partial charge in [-0.05, 0) is 40.5 Å². The van der Waals surface area contributed by atoms with Gasteiger partial charge < -0.3 is 29.9 Å². The van der Waals surface area contributed by atoms with E-state index in [1.807, 2.05) is 131 Å². The number of carbonyl (C=O) groups excluding carboxylic acids is 4. The summed E-state index contributed by atoms with van der Waals surface area (Å²) in [6, 6.07) is 36.3. The number of amides is 4. The van der Waals surface area contributed by atoms with Gasteiger partial charge in [-0.1, -0.05) is 121 Å². The molecule has 2 atom stereocenters. The summed E-state index contributed by atoms with van der Waals surface area (Å²) in [5.41, 5.74) is 3.55. The zero-order valence-electron chi connectivity index (χ0n) is 28.6. The van der Waals surface area contributed by atoms with Gasteiger partial charge in [-0.15, -0.1) is 0 Å². The Bertz CT molecular complexity index is 1600. The van der Waals surface area contributed by atoms with Gasteiger partial charge in [-0.2, -0.15) is 0 Å². The Morgan fingerprint density at radius 1 is 0.510 bits per heavy atom. The first kappa shape index (κ1) is 35.2. The Hall–Kier alpha value is -5.64. The number of rotatable bonds is 12. The number of piperidine rings is 2. The lowest BCUT2D eigenvalue weighted by Gasteiger charge is -2.47. The van der Waals surface area contributed by atoms with Gasteiger partial charge in [0, 0.05) is 39.0 Å². The summed E-state index contributed by atoms with van der Waals surface area (Å²) < 4.78 is 11.0. The maximum absolute atomic E-state index is 14.1. The first-order valence-electron chi connectivity index (χ1n) is 17.5. The highest BCUT2D eigenvalue weighted by Crippen LogP contribution is 2.30. The standard InChI is InChI=1S/C41H44N4O6/c46-38(36(22-30-13-5-1-6-14-30)42-40(48)50-28-32-17-9-3-10-18-32)44-24-34-21-35(25-44)27-45(26-34)39(47)37(23-31-15-7-2-8-16-31)43-41(49)51-29-33-19-11-4-12-20-33/h1-20,34-37H,21-29H2,(H,42,48)(H,43,49)/t34?,35?,36-,37-/m0/s1. The van der Waals surface area contributed by atoms with Crippen LogP contribution in [-0.4, -0.2) is 72.1 Å². The van der Waals surface area contributed by atoms with E-state index in [0.717, 1.165) is 28.7 Å². The molecule has 10 nitrogen and oxygen atoms in total. The maximum atomic E-state index is 14.1. The van der Waals surface area contributed by atoms with Crippen LogP contribution in [0.4, 0.5) is 9.59 Å². The van der Waals surface area contributed by atoms with Crippen LogP contribution in [0.5, 0.6) is 0 Å². The van der Waals surface area contributed by atoms with E-state index >= 15 is 0 Å². The fourth-order valence-electron chi connectivity index (χ4n) is 7.00. The van der Waals surface area contributed by atoms with Crippen molar-refractivity contribution in [3.63, 3.8) is 0 Å². The number of nitrogens with zero attached hydrogens (tertiary/aromatic N) is 2. The van der Waals surface area contributed by atoms with Gasteiger partial charge in [0.25, 0.3) is 0 Å². The Balaban J connectivity index is 1.09. The average Bonchev–Trinajstić information content (AvgIpc) is 3.16. The zero-order chi connectivity index (χ0) is 35.4. The van der Waals surface area contributed by atoms with Gasteiger partial charge in [0.2, 0.25) is 11.8 Å². The number of alkyl carbamates (subject to hydrolysis) is 2. The highest BCUT2D eigenvalue weighted by atomic mass is 16.6. The van der Waals surface area contributed by atoms with E-state index in [4.69, 9.17) is 9.47 Å². The van der Waals surface area contributed by atoms with Gasteiger partial charge in [0.15, 0.2) is 0 Å². The third-order valence-electron chi connectivity index (χ3n) is 9.38. The summed E-state index contributed by atoms with van der Waals surface area (Å²) in [5, 5.41) is 5.67. The highest BCUT2D eigenvalue weighted by molar-refractivity contribution is 5.87. The Kier molecular flexibility index (Phi) is 12.0. The molecule has 51 heavy (non-hydrogen) atoms. The van der Waals surface area contributed by atoms with Crippen molar-refractivity contribution >= 4 is 24.0 Å². The van der Waals surface area contributed by atoms with E-state index < -0.39 is 24.3 Å². The number of nitrogens with one attached hydrogen (secondary N) is 2. The number of ether oxygens (including phenoxy) is 2. The van der Waals surface area contributed by atoms with E-state index in [-0.39, 0.29) is 36.9 Å². The normalized spacial score (nSPS) is 17.8. The molecule has 2 saturated heterocycles. The molecule has 0 spiro atoms. The fourth-order valence-corrected chi connectivity index (χ4v) is 7.00. The molecule has 0 unspecified atom stereocenters. The topological polar surface area (TPSA) is 117 Å². The van der Waals surface area contributed by atoms with Crippen molar-refractivity contribution in [2.75, 3.05) is 26.2 Å². The monoisotopic (exact) mass is 688 g/mol. The summed E-state index contributed by atoms with van der Waals surface area (Å²) in [6.45, 7) is 2.03. The van der Waals surface area contributed by atoms with Crippen LogP contribution in [-0.2, 0) is 45.1 Å². The molecule has 2 N–H and O–H groups in total. The second-order valence-corrected chi connectivity index (χ2v) is 13.4. The van der Waals surface area contributed by atoms with Gasteiger partial charge in [0.1, 0.15) is 25.3 Å². The number of hydrogen-bond donors (Lipinski definition) is 2. The molecule has 2 aliphatic heterocycles. The smallest absolute Gasteiger partial charge is 0.408 e. The van der Waals surface area contributed by atoms with Crippen LogP contribution in [0.1, 0.15) is 28.7 Å². The number of likely N-dealkylation sites (tertiary alicyclic amines) is 2. The molecule has 4 aromatic carbocycles. The molecule has 6 rings (SSSR count). The molecule has 2 bridgehead atoms. The number of fused-ring (bicyclic) bond motifs is 2. The van der Waals surface area contributed by atoms with Crippen LogP contribution < -0.4 is 10.6 Å². The molecule has 264 valence electrons. The molecular formula is C41H44N4O6. The summed E-state index contributed by atoms with van der Waals surface area (Å²) in [6.07, 6.45) is 0.232.